The SMILES string of the molecule is CC1=C(C)C(=O)C(CCCc2nc3ccc(CC4=C(C)C(=O)C(CCCc5nc6ccc(CC7=C(C)C(=O)C(CCCc8nc9cc(F)ccc9[nH]8)=C(C)C7=O)cc6o5)=C(C)C4=O)cc3s2)=C(C)C1=O. The van der Waals surface area contributed by atoms with E-state index >= 15 is 0 Å². The summed E-state index contributed by atoms with van der Waals surface area (Å²) >= 11 is 1.57. The maximum absolute atomic E-state index is 13.8. The number of nitrogens with one attached hydrogen (secondary N) is 1. The van der Waals surface area contributed by atoms with Gasteiger partial charge in [-0.2, -0.15) is 0 Å². The molecule has 0 unspecified atom stereocenters. The van der Waals surface area contributed by atoms with E-state index in [4.69, 9.17) is 9.40 Å². The second kappa shape index (κ2) is 19.3. The standard InChI is InChI=1S/C57H53FN4O7S/c1-28-29(2)53(64)38(30(3)52(28)63)13-10-16-51-62-45-21-18-36(26-48(45)70-51)24-42-34(7)55(66)40(32(5)57(42)68)12-9-15-50-61-44-20-17-35(25-47(44)69-50)23-41-33(6)54(65)39(31(4)56(41)67)11-8-14-49-59-43-22-19-37(58)27-46(43)60-49/h17-22,25-27H,8-16,23-24H2,1-7H3,(H,59,60). The van der Waals surface area contributed by atoms with E-state index < -0.39 is 0 Å². The molecule has 356 valence electrons. The first-order chi connectivity index (χ1) is 33.5. The van der Waals surface area contributed by atoms with Crippen LogP contribution in [-0.2, 0) is 60.9 Å². The Balaban J connectivity index is 0.783. The van der Waals surface area contributed by atoms with Crippen LogP contribution in [-0.4, -0.2) is 54.6 Å². The van der Waals surface area contributed by atoms with Gasteiger partial charge in [-0.25, -0.2) is 19.3 Å². The average Bonchev–Trinajstić information content (AvgIpc) is 4.08. The number of hydrogen-bond acceptors (Lipinski definition) is 11. The third-order valence-corrected chi connectivity index (χ3v) is 15.4. The smallest absolute Gasteiger partial charge is 0.195 e. The van der Waals surface area contributed by atoms with Crippen LogP contribution < -0.4 is 0 Å². The topological polar surface area (TPSA) is 170 Å². The van der Waals surface area contributed by atoms with Crippen LogP contribution in [0.3, 0.4) is 0 Å². The molecule has 3 aliphatic rings. The maximum atomic E-state index is 13.8. The Bertz CT molecular complexity index is 3510. The van der Waals surface area contributed by atoms with Gasteiger partial charge in [0.2, 0.25) is 0 Å². The molecule has 0 fully saturated rings. The molecule has 0 amide bonds. The Morgan fingerprint density at radius 2 is 1.00 bits per heavy atom. The molecule has 0 saturated carbocycles. The molecule has 0 atom stereocenters. The van der Waals surface area contributed by atoms with Crippen molar-refractivity contribution in [1.29, 1.82) is 0 Å². The summed E-state index contributed by atoms with van der Waals surface area (Å²) in [5, 5.41) is 0.932. The van der Waals surface area contributed by atoms with Gasteiger partial charge in [0.1, 0.15) is 17.2 Å². The fraction of sp³-hybridized carbons (Fsp3) is 0.316. The largest absolute Gasteiger partial charge is 0.441 e. The molecule has 6 aromatic rings. The van der Waals surface area contributed by atoms with E-state index in [0.29, 0.717) is 159 Å². The van der Waals surface area contributed by atoms with Crippen molar-refractivity contribution in [2.75, 3.05) is 0 Å². The molecule has 11 nitrogen and oxygen atoms in total. The first kappa shape index (κ1) is 47.9. The van der Waals surface area contributed by atoms with Gasteiger partial charge in [0, 0.05) is 98.6 Å². The molecule has 3 heterocycles. The zero-order valence-corrected chi connectivity index (χ0v) is 41.3. The summed E-state index contributed by atoms with van der Waals surface area (Å²) in [5.41, 5.74) is 11.0. The molecule has 3 aromatic heterocycles. The van der Waals surface area contributed by atoms with Crippen molar-refractivity contribution in [1.82, 2.24) is 19.9 Å². The lowest BCUT2D eigenvalue weighted by Gasteiger charge is -2.21. The summed E-state index contributed by atoms with van der Waals surface area (Å²) in [6.45, 7) is 12.0. The Morgan fingerprint density at radius 3 is 1.64 bits per heavy atom. The van der Waals surface area contributed by atoms with Crippen molar-refractivity contribution in [2.24, 2.45) is 0 Å². The number of fused-ring (bicyclic) bond motifs is 3. The summed E-state index contributed by atoms with van der Waals surface area (Å²) in [6, 6.07) is 15.9. The highest BCUT2D eigenvalue weighted by atomic mass is 32.1. The predicted octanol–water partition coefficient (Wildman–Crippen LogP) is 11.3. The van der Waals surface area contributed by atoms with E-state index in [1.807, 2.05) is 36.4 Å². The number of aryl methyl sites for hydroxylation is 3. The normalized spacial score (nSPS) is 16.5. The molecule has 1 N–H and O–H groups in total. The van der Waals surface area contributed by atoms with Crippen molar-refractivity contribution < 1.29 is 37.6 Å². The average molecular weight is 957 g/mol. The molecule has 13 heteroatoms. The molecule has 0 aliphatic heterocycles. The number of imidazole rings is 1. The molecule has 0 radical (unpaired) electrons. The molecule has 0 spiro atoms. The number of nitrogens with zero attached hydrogens (tertiary/aromatic N) is 3. The van der Waals surface area contributed by atoms with Crippen LogP contribution in [0, 0.1) is 5.82 Å². The number of benzene rings is 3. The van der Waals surface area contributed by atoms with Gasteiger partial charge in [0.25, 0.3) is 0 Å². The van der Waals surface area contributed by atoms with Crippen molar-refractivity contribution >= 4 is 78.4 Å². The molecule has 3 aromatic carbocycles. The number of thiazole rings is 1. The minimum absolute atomic E-state index is 0.0478. The highest BCUT2D eigenvalue weighted by molar-refractivity contribution is 7.18. The fourth-order valence-electron chi connectivity index (χ4n) is 9.91. The number of aromatic nitrogens is 4. The van der Waals surface area contributed by atoms with Crippen LogP contribution in [0.2, 0.25) is 0 Å². The number of carbonyl (C=O) groups is 6. The Morgan fingerprint density at radius 1 is 0.486 bits per heavy atom. The number of oxazole rings is 1. The highest BCUT2D eigenvalue weighted by Crippen LogP contribution is 2.34. The van der Waals surface area contributed by atoms with Crippen LogP contribution in [0.5, 0.6) is 0 Å². The number of hydrogen-bond donors (Lipinski definition) is 1. The third-order valence-electron chi connectivity index (χ3n) is 14.3. The Hall–Kier alpha value is -7.12. The second-order valence-electron chi connectivity index (χ2n) is 18.8. The fourth-order valence-corrected chi connectivity index (χ4v) is 11.0. The zero-order chi connectivity index (χ0) is 49.7. The lowest BCUT2D eigenvalue weighted by Crippen LogP contribution is -2.23. The summed E-state index contributed by atoms with van der Waals surface area (Å²) < 4.78 is 20.8. The zero-order valence-electron chi connectivity index (χ0n) is 40.5. The number of ketones is 6. The first-order valence-electron chi connectivity index (χ1n) is 23.8. The van der Waals surface area contributed by atoms with Gasteiger partial charge >= 0.3 is 0 Å². The Labute approximate surface area is 408 Å². The number of Topliss-reactive ketones (excluding diaryl/α,β-unsaturated/α-hetero) is 6. The number of halogens is 1. The van der Waals surface area contributed by atoms with E-state index in [2.05, 4.69) is 15.0 Å². The molecule has 3 aliphatic carbocycles. The number of aromatic amines is 1. The molecule has 9 rings (SSSR count). The van der Waals surface area contributed by atoms with Crippen molar-refractivity contribution in [3.63, 3.8) is 0 Å². The van der Waals surface area contributed by atoms with Crippen LogP contribution >= 0.6 is 11.3 Å². The number of carbonyl (C=O) groups excluding carboxylic acids is 6. The van der Waals surface area contributed by atoms with Gasteiger partial charge in [0.05, 0.1) is 26.3 Å². The second-order valence-corrected chi connectivity index (χ2v) is 19.9. The van der Waals surface area contributed by atoms with E-state index in [0.717, 1.165) is 31.9 Å². The van der Waals surface area contributed by atoms with Crippen LogP contribution in [0.1, 0.15) is 115 Å². The monoisotopic (exact) mass is 956 g/mol. The molecular weight excluding hydrogens is 904 g/mol. The van der Waals surface area contributed by atoms with Crippen LogP contribution in [0.25, 0.3) is 32.3 Å². The van der Waals surface area contributed by atoms with Gasteiger partial charge in [-0.15, -0.1) is 11.3 Å². The van der Waals surface area contributed by atoms with Crippen LogP contribution in [0.4, 0.5) is 4.39 Å². The number of H-pyrrole nitrogens is 1. The summed E-state index contributed by atoms with van der Waals surface area (Å²) in [4.78, 5) is 97.6. The van der Waals surface area contributed by atoms with E-state index in [9.17, 15) is 33.2 Å². The van der Waals surface area contributed by atoms with Crippen molar-refractivity contribution in [3.8, 4) is 0 Å². The lowest BCUT2D eigenvalue weighted by atomic mass is 9.81. The van der Waals surface area contributed by atoms with Gasteiger partial charge in [-0.05, 0) is 141 Å². The van der Waals surface area contributed by atoms with E-state index in [1.165, 1.54) is 12.1 Å². The quantitative estimate of drug-likeness (QED) is 0.0921. The number of allylic oxidation sites excluding steroid dienone is 12. The van der Waals surface area contributed by atoms with Crippen molar-refractivity contribution in [3.05, 3.63) is 155 Å². The van der Waals surface area contributed by atoms with Gasteiger partial charge < -0.3 is 9.40 Å². The highest BCUT2D eigenvalue weighted by Gasteiger charge is 2.32. The Kier molecular flexibility index (Phi) is 13.2. The minimum Gasteiger partial charge on any atom is -0.441 e. The minimum atomic E-state index is -0.354. The van der Waals surface area contributed by atoms with E-state index in [-0.39, 0.29) is 46.9 Å². The van der Waals surface area contributed by atoms with Gasteiger partial charge in [-0.1, -0.05) is 12.1 Å². The van der Waals surface area contributed by atoms with Crippen LogP contribution in [0.15, 0.2) is 126 Å². The molecule has 70 heavy (non-hydrogen) atoms. The summed E-state index contributed by atoms with van der Waals surface area (Å²) in [5.74, 6) is 0.200. The molecular formula is C57H53FN4O7S. The first-order valence-corrected chi connectivity index (χ1v) is 24.6. The predicted molar refractivity (Wildman–Crippen MR) is 268 cm³/mol. The lowest BCUT2D eigenvalue weighted by molar-refractivity contribution is -0.116. The summed E-state index contributed by atoms with van der Waals surface area (Å²) in [7, 11) is 0. The number of rotatable bonds is 16. The van der Waals surface area contributed by atoms with Crippen molar-refractivity contribution in [2.45, 2.75) is 119 Å². The van der Waals surface area contributed by atoms with Gasteiger partial charge in [-0.3, -0.25) is 28.8 Å². The maximum Gasteiger partial charge on any atom is 0.195 e. The van der Waals surface area contributed by atoms with E-state index in [1.54, 1.807) is 65.9 Å². The third kappa shape index (κ3) is 9.22. The molecule has 0 saturated heterocycles. The van der Waals surface area contributed by atoms with Gasteiger partial charge in [0.15, 0.2) is 46.2 Å². The molecule has 0 bridgehead atoms. The summed E-state index contributed by atoms with van der Waals surface area (Å²) in [6.07, 6.45) is 5.37.